The number of aliphatic carboxylic acids is 1. The fourth-order valence-corrected chi connectivity index (χ4v) is 2.05. The van der Waals surface area contributed by atoms with Gasteiger partial charge in [0.25, 0.3) is 5.91 Å². The van der Waals surface area contributed by atoms with E-state index < -0.39 is 17.8 Å². The van der Waals surface area contributed by atoms with Crippen LogP contribution in [0.1, 0.15) is 10.4 Å². The van der Waals surface area contributed by atoms with E-state index in [9.17, 15) is 14.4 Å². The zero-order valence-electron chi connectivity index (χ0n) is 13.4. The first kappa shape index (κ1) is 17.7. The van der Waals surface area contributed by atoms with Crippen molar-refractivity contribution in [1.29, 1.82) is 0 Å². The summed E-state index contributed by atoms with van der Waals surface area (Å²) in [5, 5.41) is 13.7. The first-order valence-electron chi connectivity index (χ1n) is 7.26. The number of methoxy groups -OCH3 is 1. The molecule has 0 spiro atoms. The third-order valence-electron chi connectivity index (χ3n) is 3.16. The second-order valence-corrected chi connectivity index (χ2v) is 4.86. The maximum Gasteiger partial charge on any atom is 0.328 e. The van der Waals surface area contributed by atoms with Gasteiger partial charge in [-0.3, -0.25) is 9.59 Å². The van der Waals surface area contributed by atoms with E-state index in [2.05, 4.69) is 10.6 Å². The van der Waals surface area contributed by atoms with Crippen LogP contribution in [0.5, 0.6) is 5.75 Å². The van der Waals surface area contributed by atoms with Crippen molar-refractivity contribution in [3.05, 3.63) is 66.2 Å². The zero-order chi connectivity index (χ0) is 18.2. The van der Waals surface area contributed by atoms with Gasteiger partial charge in [-0.1, -0.05) is 24.3 Å². The summed E-state index contributed by atoms with van der Waals surface area (Å²) < 4.78 is 5.18. The summed E-state index contributed by atoms with van der Waals surface area (Å²) in [7, 11) is 1.49. The quantitative estimate of drug-likeness (QED) is 0.701. The molecule has 2 amide bonds. The van der Waals surface area contributed by atoms with Crippen molar-refractivity contribution >= 4 is 29.2 Å². The van der Waals surface area contributed by atoms with Crippen LogP contribution in [0.15, 0.2) is 60.7 Å². The number of amides is 2. The lowest BCUT2D eigenvalue weighted by molar-refractivity contribution is -0.131. The number of benzene rings is 2. The van der Waals surface area contributed by atoms with Crippen LogP contribution in [0, 0.1) is 0 Å². The first-order valence-corrected chi connectivity index (χ1v) is 7.26. The second kappa shape index (κ2) is 8.30. The smallest absolute Gasteiger partial charge is 0.328 e. The van der Waals surface area contributed by atoms with E-state index in [1.165, 1.54) is 7.11 Å². The highest BCUT2D eigenvalue weighted by Gasteiger charge is 2.14. The number of para-hydroxylation sites is 3. The van der Waals surface area contributed by atoms with E-state index in [4.69, 9.17) is 9.84 Å². The van der Waals surface area contributed by atoms with Gasteiger partial charge in [0, 0.05) is 12.2 Å². The van der Waals surface area contributed by atoms with Crippen molar-refractivity contribution in [2.75, 3.05) is 17.7 Å². The molecule has 0 saturated heterocycles. The Balaban J connectivity index is 2.20. The number of hydrogen-bond donors (Lipinski definition) is 3. The van der Waals surface area contributed by atoms with Crippen LogP contribution in [0.4, 0.5) is 11.4 Å². The molecule has 2 aromatic carbocycles. The Bertz CT molecular complexity index is 830. The monoisotopic (exact) mass is 340 g/mol. The highest BCUT2D eigenvalue weighted by molar-refractivity contribution is 6.12. The van der Waals surface area contributed by atoms with Gasteiger partial charge in [-0.2, -0.15) is 0 Å². The van der Waals surface area contributed by atoms with Gasteiger partial charge in [-0.25, -0.2) is 4.79 Å². The molecule has 0 aromatic heterocycles. The van der Waals surface area contributed by atoms with E-state index in [-0.39, 0.29) is 11.3 Å². The van der Waals surface area contributed by atoms with Crippen LogP contribution in [0.2, 0.25) is 0 Å². The predicted octanol–water partition coefficient (Wildman–Crippen LogP) is 2.53. The predicted molar refractivity (Wildman–Crippen MR) is 92.8 cm³/mol. The molecule has 0 aliphatic carbocycles. The fraction of sp³-hybridized carbons (Fsp3) is 0.0556. The molecule has 2 rings (SSSR count). The number of carbonyl (C=O) groups is 3. The van der Waals surface area contributed by atoms with Crippen molar-refractivity contribution in [3.8, 4) is 5.75 Å². The number of ether oxygens (including phenoxy) is 1. The highest BCUT2D eigenvalue weighted by Crippen LogP contribution is 2.25. The van der Waals surface area contributed by atoms with Gasteiger partial charge in [-0.05, 0) is 24.3 Å². The van der Waals surface area contributed by atoms with Gasteiger partial charge >= 0.3 is 5.97 Å². The molecule has 0 unspecified atom stereocenters. The Morgan fingerprint density at radius 1 is 0.920 bits per heavy atom. The molecule has 0 radical (unpaired) electrons. The molecule has 0 aliphatic rings. The van der Waals surface area contributed by atoms with Crippen molar-refractivity contribution in [1.82, 2.24) is 0 Å². The molecule has 25 heavy (non-hydrogen) atoms. The molecule has 0 atom stereocenters. The summed E-state index contributed by atoms with van der Waals surface area (Å²) in [5.74, 6) is -1.83. The topological polar surface area (TPSA) is 105 Å². The number of nitrogens with one attached hydrogen (secondary N) is 2. The van der Waals surface area contributed by atoms with Crippen molar-refractivity contribution in [3.63, 3.8) is 0 Å². The van der Waals surface area contributed by atoms with Gasteiger partial charge in [0.1, 0.15) is 5.75 Å². The lowest BCUT2D eigenvalue weighted by atomic mass is 10.1. The summed E-state index contributed by atoms with van der Waals surface area (Å²) in [6.07, 6.45) is 1.59. The number of carbonyl (C=O) groups excluding carboxylic acids is 2. The third kappa shape index (κ3) is 4.93. The summed E-state index contributed by atoms with van der Waals surface area (Å²) >= 11 is 0. The number of hydrogen-bond acceptors (Lipinski definition) is 4. The molecule has 0 aliphatic heterocycles. The largest absolute Gasteiger partial charge is 0.495 e. The molecule has 7 heteroatoms. The Morgan fingerprint density at radius 3 is 2.24 bits per heavy atom. The van der Waals surface area contributed by atoms with Crippen LogP contribution >= 0.6 is 0 Å². The molecule has 7 nitrogen and oxygen atoms in total. The molecule has 128 valence electrons. The standard InChI is InChI=1S/C18H16N2O5/c1-25-15-9-5-4-8-14(15)20-18(24)12-6-2-3-7-13(12)19-16(21)10-11-17(22)23/h2-11H,1H3,(H,19,21)(H,20,24)(H,22,23). The maximum atomic E-state index is 12.5. The molecule has 3 N–H and O–H groups in total. The Morgan fingerprint density at radius 2 is 1.56 bits per heavy atom. The Kier molecular flexibility index (Phi) is 5.89. The molecular formula is C18H16N2O5. The average molecular weight is 340 g/mol. The Labute approximate surface area is 143 Å². The van der Waals surface area contributed by atoms with Crippen LogP contribution in [0.25, 0.3) is 0 Å². The number of anilines is 2. The van der Waals surface area contributed by atoms with Crippen LogP contribution in [0.3, 0.4) is 0 Å². The lowest BCUT2D eigenvalue weighted by Gasteiger charge is -2.12. The zero-order valence-corrected chi connectivity index (χ0v) is 13.4. The van der Waals surface area contributed by atoms with Gasteiger partial charge < -0.3 is 20.5 Å². The van der Waals surface area contributed by atoms with E-state index in [0.717, 1.165) is 6.08 Å². The van der Waals surface area contributed by atoms with E-state index >= 15 is 0 Å². The minimum absolute atomic E-state index is 0.227. The normalized spacial score (nSPS) is 10.3. The number of carboxylic acids is 1. The lowest BCUT2D eigenvalue weighted by Crippen LogP contribution is -2.17. The fourth-order valence-electron chi connectivity index (χ4n) is 2.05. The Hall–Kier alpha value is -3.61. The summed E-state index contributed by atoms with van der Waals surface area (Å²) in [6.45, 7) is 0. The summed E-state index contributed by atoms with van der Waals surface area (Å²) in [5.41, 5.74) is 0.974. The van der Waals surface area contributed by atoms with Gasteiger partial charge in [-0.15, -0.1) is 0 Å². The van der Waals surface area contributed by atoms with Crippen LogP contribution in [-0.2, 0) is 9.59 Å². The summed E-state index contributed by atoms with van der Waals surface area (Å²) in [6, 6.07) is 13.3. The SMILES string of the molecule is COc1ccccc1NC(=O)c1ccccc1NC(=O)C=CC(=O)O. The van der Waals surface area contributed by atoms with Crippen molar-refractivity contribution < 1.29 is 24.2 Å². The summed E-state index contributed by atoms with van der Waals surface area (Å²) in [4.78, 5) is 34.7. The molecular weight excluding hydrogens is 324 g/mol. The van der Waals surface area contributed by atoms with Gasteiger partial charge in [0.2, 0.25) is 5.91 Å². The molecule has 0 bridgehead atoms. The average Bonchev–Trinajstić information content (AvgIpc) is 2.61. The molecule has 0 fully saturated rings. The molecule has 2 aromatic rings. The van der Waals surface area contributed by atoms with E-state index in [1.807, 2.05) is 0 Å². The first-order chi connectivity index (χ1) is 12.0. The van der Waals surface area contributed by atoms with Gasteiger partial charge in [0.05, 0.1) is 24.0 Å². The van der Waals surface area contributed by atoms with Crippen molar-refractivity contribution in [2.45, 2.75) is 0 Å². The maximum absolute atomic E-state index is 12.5. The van der Waals surface area contributed by atoms with Crippen LogP contribution in [-0.4, -0.2) is 30.0 Å². The van der Waals surface area contributed by atoms with Crippen molar-refractivity contribution in [2.24, 2.45) is 0 Å². The third-order valence-corrected chi connectivity index (χ3v) is 3.16. The molecule has 0 saturated carbocycles. The number of rotatable bonds is 6. The van der Waals surface area contributed by atoms with E-state index in [1.54, 1.807) is 48.5 Å². The molecule has 0 heterocycles. The minimum atomic E-state index is -1.24. The second-order valence-electron chi connectivity index (χ2n) is 4.86. The van der Waals surface area contributed by atoms with Gasteiger partial charge in [0.15, 0.2) is 0 Å². The highest BCUT2D eigenvalue weighted by atomic mass is 16.5. The minimum Gasteiger partial charge on any atom is -0.495 e. The van der Waals surface area contributed by atoms with E-state index in [0.29, 0.717) is 17.5 Å². The number of carboxylic acid groups (broad SMARTS) is 1. The van der Waals surface area contributed by atoms with Crippen LogP contribution < -0.4 is 15.4 Å².